The number of carbonyl (C=O) groups is 1. The van der Waals surface area contributed by atoms with Crippen LogP contribution < -0.4 is 5.73 Å². The maximum absolute atomic E-state index is 10.7. The molecule has 0 spiro atoms. The summed E-state index contributed by atoms with van der Waals surface area (Å²) in [5.41, 5.74) is 7.30. The van der Waals surface area contributed by atoms with Crippen LogP contribution in [0.25, 0.3) is 0 Å². The van der Waals surface area contributed by atoms with Gasteiger partial charge in [0.15, 0.2) is 0 Å². The first-order valence-electron chi connectivity index (χ1n) is 4.45. The molecular weight excluding hydrogens is 182 g/mol. The van der Waals surface area contributed by atoms with Crippen LogP contribution in [-0.2, 0) is 6.42 Å². The summed E-state index contributed by atoms with van der Waals surface area (Å²) in [4.78, 5) is 10.7. The highest BCUT2D eigenvalue weighted by Crippen LogP contribution is 2.37. The maximum Gasteiger partial charge on any atom is 0.339 e. The van der Waals surface area contributed by atoms with Crippen LogP contribution in [0.4, 0.5) is 0 Å². The lowest BCUT2D eigenvalue weighted by molar-refractivity contribution is 0.0693. The lowest BCUT2D eigenvalue weighted by atomic mass is 10.0. The number of aromatic hydroxyl groups is 1. The number of aromatic carboxylic acids is 1. The fourth-order valence-corrected chi connectivity index (χ4v) is 1.89. The molecule has 74 valence electrons. The van der Waals surface area contributed by atoms with Crippen molar-refractivity contribution >= 4 is 5.97 Å². The molecule has 4 N–H and O–H groups in total. The molecule has 0 fully saturated rings. The van der Waals surface area contributed by atoms with E-state index in [0.29, 0.717) is 12.0 Å². The van der Waals surface area contributed by atoms with Gasteiger partial charge in [0, 0.05) is 6.04 Å². The zero-order chi connectivity index (χ0) is 10.3. The summed E-state index contributed by atoms with van der Waals surface area (Å²) in [6.45, 7) is 0. The Bertz CT molecular complexity index is 401. The molecule has 2 rings (SSSR count). The van der Waals surface area contributed by atoms with Gasteiger partial charge in [-0.15, -0.1) is 0 Å². The van der Waals surface area contributed by atoms with E-state index in [2.05, 4.69) is 0 Å². The van der Waals surface area contributed by atoms with Crippen LogP contribution in [0.3, 0.4) is 0 Å². The van der Waals surface area contributed by atoms with E-state index in [1.807, 2.05) is 0 Å². The van der Waals surface area contributed by atoms with Crippen molar-refractivity contribution in [3.05, 3.63) is 28.8 Å². The molecular formula is C10H11NO3. The number of benzene rings is 1. The van der Waals surface area contributed by atoms with Crippen molar-refractivity contribution in [2.45, 2.75) is 18.9 Å². The monoisotopic (exact) mass is 193 g/mol. The van der Waals surface area contributed by atoms with E-state index in [1.165, 1.54) is 6.07 Å². The molecule has 1 aromatic carbocycles. The number of phenols is 1. The zero-order valence-electron chi connectivity index (χ0n) is 7.53. The average Bonchev–Trinajstić information content (AvgIpc) is 2.49. The molecule has 0 saturated carbocycles. The van der Waals surface area contributed by atoms with Gasteiger partial charge in [-0.1, -0.05) is 6.07 Å². The van der Waals surface area contributed by atoms with Crippen LogP contribution in [0.15, 0.2) is 12.1 Å². The molecule has 0 aromatic heterocycles. The second-order valence-electron chi connectivity index (χ2n) is 3.48. The Morgan fingerprint density at radius 3 is 2.86 bits per heavy atom. The van der Waals surface area contributed by atoms with Crippen molar-refractivity contribution in [3.63, 3.8) is 0 Å². The minimum absolute atomic E-state index is 0.0437. The van der Waals surface area contributed by atoms with Gasteiger partial charge in [0.25, 0.3) is 0 Å². The Hall–Kier alpha value is -1.55. The summed E-state index contributed by atoms with van der Waals surface area (Å²) >= 11 is 0. The van der Waals surface area contributed by atoms with Crippen molar-refractivity contribution in [2.75, 3.05) is 0 Å². The molecule has 4 heteroatoms. The van der Waals surface area contributed by atoms with E-state index in [1.54, 1.807) is 6.07 Å². The number of hydrogen-bond donors (Lipinski definition) is 3. The van der Waals surface area contributed by atoms with Crippen molar-refractivity contribution < 1.29 is 15.0 Å². The standard InChI is InChI=1S/C10H11NO3/c11-8-4-3-6-5(8)1-2-7(9(6)12)10(13)14/h1-2,8,12H,3-4,11H2,(H,13,14)/t8-/m0/s1. The van der Waals surface area contributed by atoms with Crippen LogP contribution in [0.2, 0.25) is 0 Å². The molecule has 0 saturated heterocycles. The van der Waals surface area contributed by atoms with Gasteiger partial charge in [0.1, 0.15) is 11.3 Å². The summed E-state index contributed by atoms with van der Waals surface area (Å²) in [6.07, 6.45) is 1.43. The fourth-order valence-electron chi connectivity index (χ4n) is 1.89. The fraction of sp³-hybridized carbons (Fsp3) is 0.300. The molecule has 0 amide bonds. The third kappa shape index (κ3) is 1.15. The van der Waals surface area contributed by atoms with Crippen LogP contribution >= 0.6 is 0 Å². The van der Waals surface area contributed by atoms with E-state index in [-0.39, 0.29) is 17.4 Å². The molecule has 0 bridgehead atoms. The van der Waals surface area contributed by atoms with Crippen LogP contribution in [0, 0.1) is 0 Å². The largest absolute Gasteiger partial charge is 0.507 e. The van der Waals surface area contributed by atoms with Gasteiger partial charge in [0.2, 0.25) is 0 Å². The minimum Gasteiger partial charge on any atom is -0.507 e. The van der Waals surface area contributed by atoms with Crippen LogP contribution in [0.1, 0.15) is 33.9 Å². The van der Waals surface area contributed by atoms with Gasteiger partial charge in [-0.05, 0) is 30.0 Å². The predicted molar refractivity (Wildman–Crippen MR) is 50.3 cm³/mol. The normalized spacial score (nSPS) is 19.4. The summed E-state index contributed by atoms with van der Waals surface area (Å²) in [5.74, 6) is -1.23. The van der Waals surface area contributed by atoms with Crippen molar-refractivity contribution in [3.8, 4) is 5.75 Å². The first-order chi connectivity index (χ1) is 6.61. The van der Waals surface area contributed by atoms with Gasteiger partial charge in [-0.3, -0.25) is 0 Å². The van der Waals surface area contributed by atoms with Gasteiger partial charge >= 0.3 is 5.97 Å². The summed E-state index contributed by atoms with van der Waals surface area (Å²) < 4.78 is 0. The smallest absolute Gasteiger partial charge is 0.339 e. The highest BCUT2D eigenvalue weighted by Gasteiger charge is 2.25. The first-order valence-corrected chi connectivity index (χ1v) is 4.45. The predicted octanol–water partition coefficient (Wildman–Crippen LogP) is 1.04. The van der Waals surface area contributed by atoms with Gasteiger partial charge in [-0.25, -0.2) is 4.79 Å². The Morgan fingerprint density at radius 1 is 1.50 bits per heavy atom. The number of fused-ring (bicyclic) bond motifs is 1. The SMILES string of the molecule is N[C@H]1CCc2c1ccc(C(=O)O)c2O. The Balaban J connectivity index is 2.58. The molecule has 4 nitrogen and oxygen atoms in total. The lowest BCUT2D eigenvalue weighted by Crippen LogP contribution is -2.06. The Morgan fingerprint density at radius 2 is 2.21 bits per heavy atom. The minimum atomic E-state index is -1.11. The van der Waals surface area contributed by atoms with Gasteiger partial charge in [-0.2, -0.15) is 0 Å². The number of hydrogen-bond acceptors (Lipinski definition) is 3. The average molecular weight is 193 g/mol. The second-order valence-corrected chi connectivity index (χ2v) is 3.48. The maximum atomic E-state index is 10.7. The topological polar surface area (TPSA) is 83.6 Å². The highest BCUT2D eigenvalue weighted by molar-refractivity contribution is 5.91. The van der Waals surface area contributed by atoms with Crippen molar-refractivity contribution in [1.82, 2.24) is 0 Å². The third-order valence-corrected chi connectivity index (χ3v) is 2.65. The second kappa shape index (κ2) is 2.99. The van der Waals surface area contributed by atoms with Crippen LogP contribution in [0.5, 0.6) is 5.75 Å². The number of carboxylic acids is 1. The summed E-state index contributed by atoms with van der Waals surface area (Å²) in [6, 6.07) is 3.02. The number of nitrogens with two attached hydrogens (primary N) is 1. The molecule has 1 aromatic rings. The van der Waals surface area contributed by atoms with Crippen molar-refractivity contribution in [2.24, 2.45) is 5.73 Å². The molecule has 0 unspecified atom stereocenters. The van der Waals surface area contributed by atoms with E-state index < -0.39 is 5.97 Å². The molecule has 0 heterocycles. The zero-order valence-corrected chi connectivity index (χ0v) is 7.53. The Labute approximate surface area is 81.0 Å². The molecule has 0 aliphatic heterocycles. The van der Waals surface area contributed by atoms with Gasteiger partial charge < -0.3 is 15.9 Å². The third-order valence-electron chi connectivity index (χ3n) is 2.65. The van der Waals surface area contributed by atoms with Crippen molar-refractivity contribution in [1.29, 1.82) is 0 Å². The first kappa shape index (κ1) is 9.02. The van der Waals surface area contributed by atoms with E-state index in [4.69, 9.17) is 10.8 Å². The number of rotatable bonds is 1. The molecule has 1 aliphatic carbocycles. The van der Waals surface area contributed by atoms with E-state index >= 15 is 0 Å². The van der Waals surface area contributed by atoms with E-state index in [9.17, 15) is 9.90 Å². The molecule has 0 radical (unpaired) electrons. The van der Waals surface area contributed by atoms with E-state index in [0.717, 1.165) is 12.0 Å². The number of carboxylic acid groups (broad SMARTS) is 1. The van der Waals surface area contributed by atoms with Gasteiger partial charge in [0.05, 0.1) is 0 Å². The highest BCUT2D eigenvalue weighted by atomic mass is 16.4. The quantitative estimate of drug-likeness (QED) is 0.622. The Kier molecular flexibility index (Phi) is 1.93. The summed E-state index contributed by atoms with van der Waals surface area (Å²) in [7, 11) is 0. The lowest BCUT2D eigenvalue weighted by Gasteiger charge is -2.07. The molecule has 14 heavy (non-hydrogen) atoms. The summed E-state index contributed by atoms with van der Waals surface area (Å²) in [5, 5.41) is 18.4. The molecule has 1 atom stereocenters. The van der Waals surface area contributed by atoms with Crippen LogP contribution in [-0.4, -0.2) is 16.2 Å². The molecule has 1 aliphatic rings.